The molecule has 2 aromatic rings. The molecule has 1 amide bonds. The number of hydrogen-bond donors (Lipinski definition) is 1. The molecule has 1 aromatic carbocycles. The highest BCUT2D eigenvalue weighted by molar-refractivity contribution is 7.13. The van der Waals surface area contributed by atoms with Crippen LogP contribution in [-0.2, 0) is 11.2 Å². The van der Waals surface area contributed by atoms with Crippen molar-refractivity contribution in [2.45, 2.75) is 46.1 Å². The first-order valence-electron chi connectivity index (χ1n) is 9.13. The van der Waals surface area contributed by atoms with Crippen LogP contribution in [0.1, 0.15) is 47.1 Å². The van der Waals surface area contributed by atoms with E-state index in [4.69, 9.17) is 9.47 Å². The summed E-state index contributed by atoms with van der Waals surface area (Å²) in [6.07, 6.45) is 3.26. The zero-order chi connectivity index (χ0) is 18.5. The molecular weight excluding hydrogens is 348 g/mol. The Morgan fingerprint density at radius 2 is 2.15 bits per heavy atom. The largest absolute Gasteiger partial charge is 0.491 e. The third-order valence-electron chi connectivity index (χ3n) is 4.20. The fraction of sp³-hybridized carbons (Fsp3) is 0.500. The van der Waals surface area contributed by atoms with Gasteiger partial charge in [0.15, 0.2) is 0 Å². The second-order valence-corrected chi connectivity index (χ2v) is 8.13. The summed E-state index contributed by atoms with van der Waals surface area (Å²) in [6, 6.07) is 7.45. The summed E-state index contributed by atoms with van der Waals surface area (Å²) in [5.74, 6) is 1.20. The van der Waals surface area contributed by atoms with Crippen molar-refractivity contribution in [1.82, 2.24) is 4.98 Å². The van der Waals surface area contributed by atoms with Gasteiger partial charge in [-0.3, -0.25) is 4.79 Å². The first-order valence-corrected chi connectivity index (χ1v) is 9.95. The van der Waals surface area contributed by atoms with Crippen LogP contribution >= 0.6 is 11.3 Å². The summed E-state index contributed by atoms with van der Waals surface area (Å²) in [5.41, 5.74) is 1.54. The molecule has 1 saturated heterocycles. The van der Waals surface area contributed by atoms with E-state index in [-0.39, 0.29) is 12.0 Å². The van der Waals surface area contributed by atoms with Crippen LogP contribution in [0.5, 0.6) is 5.75 Å². The number of carbonyl (C=O) groups excluding carboxylic acids is 1. The minimum absolute atomic E-state index is 0.108. The minimum Gasteiger partial charge on any atom is -0.491 e. The number of aromatic nitrogens is 1. The number of hydrogen-bond acceptors (Lipinski definition) is 5. The van der Waals surface area contributed by atoms with Gasteiger partial charge < -0.3 is 14.8 Å². The number of aryl methyl sites for hydroxylation is 1. The van der Waals surface area contributed by atoms with Crippen LogP contribution in [0.25, 0.3) is 0 Å². The Morgan fingerprint density at radius 3 is 2.81 bits per heavy atom. The number of thiazole rings is 1. The molecule has 1 aliphatic heterocycles. The standard InChI is InChI=1S/C20H26N2O3S/c1-13(2)11-18-21-14(3)19(26-18)20(23)22-15-6-8-16(9-7-15)25-12-17-5-4-10-24-17/h6-9,13,17H,4-5,10-12H2,1-3H3,(H,22,23). The molecule has 6 heteroatoms. The molecule has 3 rings (SSSR count). The van der Waals surface area contributed by atoms with Gasteiger partial charge in [0.1, 0.15) is 17.2 Å². The monoisotopic (exact) mass is 374 g/mol. The highest BCUT2D eigenvalue weighted by Crippen LogP contribution is 2.23. The van der Waals surface area contributed by atoms with E-state index in [1.807, 2.05) is 31.2 Å². The lowest BCUT2D eigenvalue weighted by Crippen LogP contribution is -2.16. The number of nitrogens with zero attached hydrogens (tertiary/aromatic N) is 1. The topological polar surface area (TPSA) is 60.5 Å². The molecule has 1 unspecified atom stereocenters. The molecular formula is C20H26N2O3S. The second kappa shape index (κ2) is 8.64. The zero-order valence-electron chi connectivity index (χ0n) is 15.6. The summed E-state index contributed by atoms with van der Waals surface area (Å²) in [4.78, 5) is 17.7. The number of rotatable bonds is 7. The Bertz CT molecular complexity index is 734. The maximum atomic E-state index is 12.5. The predicted octanol–water partition coefficient (Wildman–Crippen LogP) is 4.46. The van der Waals surface area contributed by atoms with Crippen LogP contribution in [0.2, 0.25) is 0 Å². The minimum atomic E-state index is -0.108. The van der Waals surface area contributed by atoms with Crippen molar-refractivity contribution in [3.63, 3.8) is 0 Å². The molecule has 1 atom stereocenters. The van der Waals surface area contributed by atoms with Gasteiger partial charge in [-0.15, -0.1) is 11.3 Å². The third-order valence-corrected chi connectivity index (χ3v) is 5.38. The number of anilines is 1. The van der Waals surface area contributed by atoms with Gasteiger partial charge in [0.05, 0.1) is 16.8 Å². The Balaban J connectivity index is 1.56. The van der Waals surface area contributed by atoms with Crippen molar-refractivity contribution >= 4 is 22.9 Å². The lowest BCUT2D eigenvalue weighted by Gasteiger charge is -2.12. The molecule has 0 spiro atoms. The van der Waals surface area contributed by atoms with Crippen LogP contribution < -0.4 is 10.1 Å². The van der Waals surface area contributed by atoms with Gasteiger partial charge in [0.25, 0.3) is 5.91 Å². The Labute approximate surface area is 158 Å². The fourth-order valence-corrected chi connectivity index (χ4v) is 4.06. The van der Waals surface area contributed by atoms with Gasteiger partial charge in [0, 0.05) is 18.7 Å². The first-order chi connectivity index (χ1) is 12.5. The molecule has 1 aliphatic rings. The Hall–Kier alpha value is -1.92. The fourth-order valence-electron chi connectivity index (χ4n) is 2.89. The average Bonchev–Trinajstić information content (AvgIpc) is 3.23. The van der Waals surface area contributed by atoms with Gasteiger partial charge in [-0.05, 0) is 49.9 Å². The zero-order valence-corrected chi connectivity index (χ0v) is 16.4. The highest BCUT2D eigenvalue weighted by Gasteiger charge is 2.17. The van der Waals surface area contributed by atoms with E-state index in [0.29, 0.717) is 17.4 Å². The van der Waals surface area contributed by atoms with E-state index in [9.17, 15) is 4.79 Å². The van der Waals surface area contributed by atoms with Crippen LogP contribution in [0.3, 0.4) is 0 Å². The summed E-state index contributed by atoms with van der Waals surface area (Å²) < 4.78 is 11.3. The summed E-state index contributed by atoms with van der Waals surface area (Å²) in [7, 11) is 0. The molecule has 0 radical (unpaired) electrons. The lowest BCUT2D eigenvalue weighted by atomic mass is 10.1. The lowest BCUT2D eigenvalue weighted by molar-refractivity contribution is 0.0679. The molecule has 1 N–H and O–H groups in total. The van der Waals surface area contributed by atoms with E-state index < -0.39 is 0 Å². The smallest absolute Gasteiger partial charge is 0.267 e. The summed E-state index contributed by atoms with van der Waals surface area (Å²) in [5, 5.41) is 3.96. The van der Waals surface area contributed by atoms with Crippen LogP contribution in [0.4, 0.5) is 5.69 Å². The van der Waals surface area contributed by atoms with Crippen molar-refractivity contribution in [3.05, 3.63) is 39.8 Å². The highest BCUT2D eigenvalue weighted by atomic mass is 32.1. The van der Waals surface area contributed by atoms with Crippen LogP contribution in [-0.4, -0.2) is 30.2 Å². The normalized spacial score (nSPS) is 16.8. The summed E-state index contributed by atoms with van der Waals surface area (Å²) in [6.45, 7) is 7.59. The molecule has 1 aromatic heterocycles. The molecule has 140 valence electrons. The van der Waals surface area contributed by atoms with Crippen molar-refractivity contribution in [2.24, 2.45) is 5.92 Å². The Morgan fingerprint density at radius 1 is 1.38 bits per heavy atom. The predicted molar refractivity (Wildman–Crippen MR) is 104 cm³/mol. The molecule has 0 saturated carbocycles. The van der Waals surface area contributed by atoms with E-state index in [2.05, 4.69) is 24.1 Å². The van der Waals surface area contributed by atoms with Gasteiger partial charge in [-0.1, -0.05) is 13.8 Å². The number of ether oxygens (including phenoxy) is 2. The van der Waals surface area contributed by atoms with Crippen molar-refractivity contribution < 1.29 is 14.3 Å². The van der Waals surface area contributed by atoms with E-state index >= 15 is 0 Å². The van der Waals surface area contributed by atoms with Gasteiger partial charge >= 0.3 is 0 Å². The SMILES string of the molecule is Cc1nc(CC(C)C)sc1C(=O)Nc1ccc(OCC2CCCO2)cc1. The Kier molecular flexibility index (Phi) is 6.27. The quantitative estimate of drug-likeness (QED) is 0.777. The molecule has 1 fully saturated rings. The maximum absolute atomic E-state index is 12.5. The molecule has 0 aliphatic carbocycles. The van der Waals surface area contributed by atoms with Gasteiger partial charge in [-0.25, -0.2) is 4.98 Å². The van der Waals surface area contributed by atoms with Crippen molar-refractivity contribution in [3.8, 4) is 5.75 Å². The van der Waals surface area contributed by atoms with Crippen molar-refractivity contribution in [2.75, 3.05) is 18.5 Å². The molecule has 2 heterocycles. The number of carbonyl (C=O) groups is 1. The maximum Gasteiger partial charge on any atom is 0.267 e. The van der Waals surface area contributed by atoms with Crippen molar-refractivity contribution in [1.29, 1.82) is 0 Å². The van der Waals surface area contributed by atoms with Crippen LogP contribution in [0, 0.1) is 12.8 Å². The number of amides is 1. The van der Waals surface area contributed by atoms with E-state index in [1.165, 1.54) is 11.3 Å². The average molecular weight is 375 g/mol. The van der Waals surface area contributed by atoms with Crippen LogP contribution in [0.15, 0.2) is 24.3 Å². The second-order valence-electron chi connectivity index (χ2n) is 7.04. The van der Waals surface area contributed by atoms with E-state index in [1.54, 1.807) is 0 Å². The number of benzene rings is 1. The van der Waals surface area contributed by atoms with Gasteiger partial charge in [-0.2, -0.15) is 0 Å². The number of nitrogens with one attached hydrogen (secondary N) is 1. The third kappa shape index (κ3) is 5.05. The molecule has 26 heavy (non-hydrogen) atoms. The van der Waals surface area contributed by atoms with E-state index in [0.717, 1.165) is 48.0 Å². The molecule has 0 bridgehead atoms. The van der Waals surface area contributed by atoms with Gasteiger partial charge in [0.2, 0.25) is 0 Å². The molecule has 5 nitrogen and oxygen atoms in total. The first kappa shape index (κ1) is 18.9. The summed E-state index contributed by atoms with van der Waals surface area (Å²) >= 11 is 1.48.